The SMILES string of the molecule is CNC(C)C(=O)NC(C(=O)N1CC(NC(=O)c2cccc(C(=O)NC3CC(C(=O)NC(C)c4ccccc4)N(C(=O)C(NC(=O)C(CO)NC)C(C)(C)C)C3)c2)CC1C(=O)NC1CCCc2ccccc21)C(C)(C)C. The minimum atomic E-state index is -1.11. The Kier molecular flexibility index (Phi) is 19.0. The van der Waals surface area contributed by atoms with E-state index >= 15 is 0 Å². The average molecular weight is 1040 g/mol. The zero-order valence-electron chi connectivity index (χ0n) is 45.0. The number of likely N-dealkylation sites (N-methyl/N-ethyl adjacent to an activating group) is 2. The molecule has 10 unspecified atom stereocenters. The summed E-state index contributed by atoms with van der Waals surface area (Å²) in [4.78, 5) is 115. The predicted molar refractivity (Wildman–Crippen MR) is 284 cm³/mol. The fraction of sp³-hybridized carbons (Fsp3) is 0.536. The van der Waals surface area contributed by atoms with Crippen molar-refractivity contribution in [1.82, 2.24) is 52.3 Å². The van der Waals surface area contributed by atoms with E-state index in [1.54, 1.807) is 46.9 Å². The Morgan fingerprint density at radius 2 is 1.15 bits per heavy atom. The lowest BCUT2D eigenvalue weighted by Gasteiger charge is -2.36. The van der Waals surface area contributed by atoms with Gasteiger partial charge in [0.25, 0.3) is 11.8 Å². The number of carbonyl (C=O) groups excluding carboxylic acids is 8. The first-order valence-corrected chi connectivity index (χ1v) is 26.1. The molecule has 19 heteroatoms. The molecule has 8 amide bonds. The maximum absolute atomic E-state index is 14.7. The summed E-state index contributed by atoms with van der Waals surface area (Å²) in [5.41, 5.74) is 1.70. The number of aliphatic hydroxyl groups is 1. The number of rotatable bonds is 18. The van der Waals surface area contributed by atoms with Crippen LogP contribution in [0.15, 0.2) is 78.9 Å². The van der Waals surface area contributed by atoms with Crippen molar-refractivity contribution >= 4 is 47.3 Å². The number of amides is 8. The van der Waals surface area contributed by atoms with Gasteiger partial charge in [0.1, 0.15) is 30.2 Å². The molecule has 2 saturated heterocycles. The van der Waals surface area contributed by atoms with E-state index in [1.165, 1.54) is 29.0 Å². The molecule has 0 saturated carbocycles. The van der Waals surface area contributed by atoms with Crippen LogP contribution in [-0.2, 0) is 35.2 Å². The summed E-state index contributed by atoms with van der Waals surface area (Å²) in [5, 5.41) is 33.3. The number of nitrogens with zero attached hydrogens (tertiary/aromatic N) is 2. The van der Waals surface area contributed by atoms with Gasteiger partial charge in [-0.2, -0.15) is 0 Å². The number of carbonyl (C=O) groups is 8. The fourth-order valence-electron chi connectivity index (χ4n) is 10.1. The molecule has 75 heavy (non-hydrogen) atoms. The summed E-state index contributed by atoms with van der Waals surface area (Å²) >= 11 is 0. The van der Waals surface area contributed by atoms with Gasteiger partial charge in [-0.25, -0.2) is 0 Å². The molecule has 0 bridgehead atoms. The molecule has 3 aromatic rings. The monoisotopic (exact) mass is 1030 g/mol. The van der Waals surface area contributed by atoms with Crippen molar-refractivity contribution in [2.24, 2.45) is 10.8 Å². The van der Waals surface area contributed by atoms with Crippen molar-refractivity contribution in [2.45, 2.75) is 148 Å². The molecule has 0 spiro atoms. The molecular weight excluding hydrogens is 957 g/mol. The number of likely N-dealkylation sites (tertiary alicyclic amines) is 2. The minimum Gasteiger partial charge on any atom is -0.394 e. The number of hydrogen-bond donors (Lipinski definition) is 9. The van der Waals surface area contributed by atoms with Gasteiger partial charge in [0, 0.05) is 36.3 Å². The van der Waals surface area contributed by atoms with Gasteiger partial charge in [-0.15, -0.1) is 0 Å². The Morgan fingerprint density at radius 1 is 0.627 bits per heavy atom. The summed E-state index contributed by atoms with van der Waals surface area (Å²) in [6, 6.07) is 15.5. The topological polar surface area (TPSA) is 260 Å². The second kappa shape index (κ2) is 24.8. The highest BCUT2D eigenvalue weighted by Crippen LogP contribution is 2.32. The van der Waals surface area contributed by atoms with Gasteiger partial charge < -0.3 is 57.4 Å². The highest BCUT2D eigenvalue weighted by Gasteiger charge is 2.48. The van der Waals surface area contributed by atoms with E-state index in [9.17, 15) is 43.5 Å². The van der Waals surface area contributed by atoms with E-state index in [0.717, 1.165) is 36.0 Å². The quantitative estimate of drug-likeness (QED) is 0.0894. The zero-order valence-corrected chi connectivity index (χ0v) is 45.0. The molecule has 9 N–H and O–H groups in total. The third-order valence-electron chi connectivity index (χ3n) is 14.6. The molecule has 3 aromatic carbocycles. The molecule has 10 atom stereocenters. The van der Waals surface area contributed by atoms with Gasteiger partial charge in [-0.1, -0.05) is 102 Å². The van der Waals surface area contributed by atoms with E-state index in [-0.39, 0.29) is 54.9 Å². The average Bonchev–Trinajstić information content (AvgIpc) is 4.01. The molecule has 0 aromatic heterocycles. The number of nitrogens with one attached hydrogen (secondary N) is 8. The lowest BCUT2D eigenvalue weighted by atomic mass is 9.85. The highest BCUT2D eigenvalue weighted by molar-refractivity contribution is 6.01. The Labute approximate surface area is 440 Å². The van der Waals surface area contributed by atoms with Crippen LogP contribution < -0.4 is 42.5 Å². The van der Waals surface area contributed by atoms with Crippen molar-refractivity contribution < 1.29 is 43.5 Å². The van der Waals surface area contributed by atoms with Crippen LogP contribution in [0.3, 0.4) is 0 Å². The van der Waals surface area contributed by atoms with Crippen molar-refractivity contribution in [2.75, 3.05) is 33.8 Å². The molecule has 0 radical (unpaired) electrons. The Balaban J connectivity index is 1.20. The van der Waals surface area contributed by atoms with Gasteiger partial charge in [-0.3, -0.25) is 38.4 Å². The molecule has 2 aliphatic heterocycles. The summed E-state index contributed by atoms with van der Waals surface area (Å²) in [6.07, 6.45) is 2.62. The number of fused-ring (bicyclic) bond motifs is 1. The maximum atomic E-state index is 14.7. The smallest absolute Gasteiger partial charge is 0.251 e. The molecular formula is C56H78N10O9. The number of aliphatic hydroxyl groups excluding tert-OH is 1. The molecule has 6 rings (SSSR count). The summed E-state index contributed by atoms with van der Waals surface area (Å²) in [6.45, 7) is 13.7. The van der Waals surface area contributed by atoms with Crippen LogP contribution in [-0.4, -0.2) is 144 Å². The summed E-state index contributed by atoms with van der Waals surface area (Å²) < 4.78 is 0. The van der Waals surface area contributed by atoms with Crippen LogP contribution in [0.4, 0.5) is 0 Å². The van der Waals surface area contributed by atoms with Gasteiger partial charge in [-0.05, 0) is 106 Å². The fourth-order valence-corrected chi connectivity index (χ4v) is 10.1. The first kappa shape index (κ1) is 57.6. The Bertz CT molecular complexity index is 2560. The lowest BCUT2D eigenvalue weighted by Crippen LogP contribution is -2.60. The highest BCUT2D eigenvalue weighted by atomic mass is 16.3. The minimum absolute atomic E-state index is 0.0266. The van der Waals surface area contributed by atoms with Crippen molar-refractivity contribution in [3.8, 4) is 0 Å². The summed E-state index contributed by atoms with van der Waals surface area (Å²) in [7, 11) is 3.16. The molecule has 2 fully saturated rings. The third kappa shape index (κ3) is 14.2. The first-order chi connectivity index (χ1) is 35.4. The van der Waals surface area contributed by atoms with E-state index in [1.807, 2.05) is 76.2 Å². The standard InChI is InChI=1S/C56H78N10O9/c1-32(34-18-12-11-13-19-34)59-51(72)43-27-38(29-65(43)54(75)46(56(6,7)8)64-50(71)42(31-67)58-10)60-48(69)36-22-16-23-37(26-36)49(70)61-39-28-44(52(73)62-41-25-17-21-35-20-14-15-24-40(35)41)66(30-39)53(74)45(55(3,4)5)63-47(68)33(2)57-9/h11-16,18-20,22-24,26,32-33,38-39,41-46,57-58,67H,17,21,25,27-31H2,1-10H3,(H,59,72)(H,60,69)(H,61,70)(H,62,73)(H,63,68)(H,64,71). The lowest BCUT2D eigenvalue weighted by molar-refractivity contribution is -0.144. The second-order valence-electron chi connectivity index (χ2n) is 22.3. The van der Waals surface area contributed by atoms with Gasteiger partial charge in [0.05, 0.1) is 24.7 Å². The predicted octanol–water partition coefficient (Wildman–Crippen LogP) is 2.41. The number of benzene rings is 3. The molecule has 2 heterocycles. The van der Waals surface area contributed by atoms with Crippen molar-refractivity contribution in [3.05, 3.63) is 107 Å². The van der Waals surface area contributed by atoms with Crippen LogP contribution >= 0.6 is 0 Å². The zero-order chi connectivity index (χ0) is 54.9. The van der Waals surface area contributed by atoms with Crippen LogP contribution in [0.1, 0.15) is 131 Å². The molecule has 3 aliphatic rings. The van der Waals surface area contributed by atoms with Crippen LogP contribution in [0, 0.1) is 10.8 Å². The van der Waals surface area contributed by atoms with Crippen LogP contribution in [0.25, 0.3) is 0 Å². The normalized spacial score (nSPS) is 21.6. The number of hydrogen-bond acceptors (Lipinski definition) is 11. The maximum Gasteiger partial charge on any atom is 0.251 e. The molecule has 19 nitrogen and oxygen atoms in total. The van der Waals surface area contributed by atoms with E-state index in [0.29, 0.717) is 0 Å². The molecule has 406 valence electrons. The van der Waals surface area contributed by atoms with Crippen LogP contribution in [0.2, 0.25) is 0 Å². The van der Waals surface area contributed by atoms with Gasteiger partial charge in [0.2, 0.25) is 35.4 Å². The van der Waals surface area contributed by atoms with E-state index < -0.39 is 107 Å². The Morgan fingerprint density at radius 3 is 1.67 bits per heavy atom. The van der Waals surface area contributed by atoms with Crippen LogP contribution in [0.5, 0.6) is 0 Å². The second-order valence-corrected chi connectivity index (χ2v) is 22.3. The number of aryl methyl sites for hydroxylation is 1. The van der Waals surface area contributed by atoms with Crippen molar-refractivity contribution in [3.63, 3.8) is 0 Å². The van der Waals surface area contributed by atoms with Gasteiger partial charge >= 0.3 is 0 Å². The Hall–Kier alpha value is -6.70. The largest absolute Gasteiger partial charge is 0.394 e. The third-order valence-corrected chi connectivity index (χ3v) is 14.6. The van der Waals surface area contributed by atoms with E-state index in [2.05, 4.69) is 48.6 Å². The van der Waals surface area contributed by atoms with Crippen molar-refractivity contribution in [1.29, 1.82) is 0 Å². The molecule has 1 aliphatic carbocycles. The van der Waals surface area contributed by atoms with E-state index in [4.69, 9.17) is 0 Å². The van der Waals surface area contributed by atoms with Gasteiger partial charge in [0.15, 0.2) is 0 Å². The summed E-state index contributed by atoms with van der Waals surface area (Å²) in [5.74, 6) is -3.92. The first-order valence-electron chi connectivity index (χ1n) is 26.1.